The van der Waals surface area contributed by atoms with Crippen LogP contribution in [-0.2, 0) is 9.53 Å². The number of aromatic nitrogens is 2. The van der Waals surface area contributed by atoms with Crippen LogP contribution in [0, 0.1) is 0 Å². The zero-order valence-corrected chi connectivity index (χ0v) is 12.4. The number of morpholine rings is 1. The van der Waals surface area contributed by atoms with Crippen molar-refractivity contribution in [3.63, 3.8) is 0 Å². The van der Waals surface area contributed by atoms with Gasteiger partial charge in [-0.2, -0.15) is 0 Å². The average Bonchev–Trinajstić information content (AvgIpc) is 3.26. The van der Waals surface area contributed by atoms with Gasteiger partial charge in [0.2, 0.25) is 5.91 Å². The van der Waals surface area contributed by atoms with Crippen molar-refractivity contribution in [1.29, 1.82) is 0 Å². The molecule has 0 bridgehead atoms. The van der Waals surface area contributed by atoms with Crippen LogP contribution in [0.5, 0.6) is 0 Å². The average molecular weight is 343 g/mol. The summed E-state index contributed by atoms with van der Waals surface area (Å²) in [6, 6.07) is -0.156. The van der Waals surface area contributed by atoms with Gasteiger partial charge in [-0.15, -0.1) is 0 Å². The number of amides is 1. The van der Waals surface area contributed by atoms with Crippen LogP contribution in [0.15, 0.2) is 15.6 Å². The van der Waals surface area contributed by atoms with Crippen LogP contribution in [-0.4, -0.2) is 47.7 Å². The third-order valence-corrected chi connectivity index (χ3v) is 4.12. The van der Waals surface area contributed by atoms with Crippen LogP contribution in [0.2, 0.25) is 0 Å². The van der Waals surface area contributed by atoms with Gasteiger partial charge in [-0.1, -0.05) is 0 Å². The number of anilines is 1. The molecule has 1 atom stereocenters. The Morgan fingerprint density at radius 2 is 2.35 bits per heavy atom. The number of nitrogens with one attached hydrogen (secondary N) is 2. The SMILES string of the molecule is O=C(NC1CC1)C1COCCN1c1nc[nH]c(=O)c1Br. The van der Waals surface area contributed by atoms with Crippen LogP contribution in [0.1, 0.15) is 12.8 Å². The van der Waals surface area contributed by atoms with Crippen LogP contribution in [0.4, 0.5) is 5.82 Å². The molecule has 1 saturated heterocycles. The van der Waals surface area contributed by atoms with Crippen LogP contribution >= 0.6 is 15.9 Å². The molecule has 1 saturated carbocycles. The molecule has 1 aromatic rings. The second kappa shape index (κ2) is 5.53. The van der Waals surface area contributed by atoms with E-state index in [4.69, 9.17) is 4.74 Å². The van der Waals surface area contributed by atoms with Crippen molar-refractivity contribution in [2.45, 2.75) is 24.9 Å². The molecule has 1 amide bonds. The molecule has 7 nitrogen and oxygen atoms in total. The summed E-state index contributed by atoms with van der Waals surface area (Å²) < 4.78 is 5.73. The molecule has 1 aliphatic heterocycles. The van der Waals surface area contributed by atoms with E-state index in [2.05, 4.69) is 31.2 Å². The predicted octanol–water partition coefficient (Wildman–Crippen LogP) is 0.0162. The number of nitrogens with zero attached hydrogens (tertiary/aromatic N) is 2. The summed E-state index contributed by atoms with van der Waals surface area (Å²) >= 11 is 3.24. The Balaban J connectivity index is 1.85. The Labute approximate surface area is 123 Å². The van der Waals surface area contributed by atoms with E-state index >= 15 is 0 Å². The maximum Gasteiger partial charge on any atom is 0.267 e. The fourth-order valence-electron chi connectivity index (χ4n) is 2.17. The third kappa shape index (κ3) is 2.71. The standard InChI is InChI=1S/C12H15BrN4O3/c13-9-10(14-6-15-12(9)19)17-3-4-20-5-8(17)11(18)16-7-1-2-7/h6-8H,1-5H2,(H,16,18)(H,14,15,19). The largest absolute Gasteiger partial charge is 0.377 e. The quantitative estimate of drug-likeness (QED) is 0.808. The summed E-state index contributed by atoms with van der Waals surface area (Å²) in [6.07, 6.45) is 3.41. The smallest absolute Gasteiger partial charge is 0.267 e. The molecule has 108 valence electrons. The van der Waals surface area contributed by atoms with E-state index in [1.807, 2.05) is 4.90 Å². The van der Waals surface area contributed by atoms with Crippen molar-refractivity contribution in [1.82, 2.24) is 15.3 Å². The highest BCUT2D eigenvalue weighted by atomic mass is 79.9. The van der Waals surface area contributed by atoms with Gasteiger partial charge in [0.1, 0.15) is 10.5 Å². The molecule has 1 aliphatic carbocycles. The van der Waals surface area contributed by atoms with Gasteiger partial charge in [-0.25, -0.2) is 4.98 Å². The van der Waals surface area contributed by atoms with Crippen molar-refractivity contribution < 1.29 is 9.53 Å². The fourth-order valence-corrected chi connectivity index (χ4v) is 2.62. The molecule has 1 unspecified atom stereocenters. The highest BCUT2D eigenvalue weighted by Crippen LogP contribution is 2.24. The van der Waals surface area contributed by atoms with E-state index in [9.17, 15) is 9.59 Å². The van der Waals surface area contributed by atoms with E-state index in [1.165, 1.54) is 6.33 Å². The van der Waals surface area contributed by atoms with Gasteiger partial charge in [-0.3, -0.25) is 9.59 Å². The first kappa shape index (κ1) is 13.6. The van der Waals surface area contributed by atoms with Gasteiger partial charge in [0, 0.05) is 12.6 Å². The minimum absolute atomic E-state index is 0.0684. The van der Waals surface area contributed by atoms with Crippen molar-refractivity contribution in [2.24, 2.45) is 0 Å². The summed E-state index contributed by atoms with van der Waals surface area (Å²) in [5.74, 6) is 0.411. The molecule has 2 aliphatic rings. The lowest BCUT2D eigenvalue weighted by Gasteiger charge is -2.35. The zero-order chi connectivity index (χ0) is 14.1. The molecule has 0 radical (unpaired) electrons. The van der Waals surface area contributed by atoms with E-state index in [-0.39, 0.29) is 11.5 Å². The van der Waals surface area contributed by atoms with Crippen molar-refractivity contribution in [3.05, 3.63) is 21.2 Å². The first-order valence-electron chi connectivity index (χ1n) is 6.55. The number of halogens is 1. The van der Waals surface area contributed by atoms with Crippen molar-refractivity contribution in [2.75, 3.05) is 24.7 Å². The maximum absolute atomic E-state index is 12.3. The monoisotopic (exact) mass is 342 g/mol. The predicted molar refractivity (Wildman–Crippen MR) is 75.7 cm³/mol. The van der Waals surface area contributed by atoms with Gasteiger partial charge < -0.3 is 19.9 Å². The van der Waals surface area contributed by atoms with Crippen LogP contribution < -0.4 is 15.8 Å². The number of carbonyl (C=O) groups is 1. The zero-order valence-electron chi connectivity index (χ0n) is 10.8. The second-order valence-corrected chi connectivity index (χ2v) is 5.73. The molecule has 3 rings (SSSR count). The molecule has 2 heterocycles. The number of rotatable bonds is 3. The Morgan fingerprint density at radius 1 is 1.55 bits per heavy atom. The van der Waals surface area contributed by atoms with Crippen LogP contribution in [0.3, 0.4) is 0 Å². The van der Waals surface area contributed by atoms with E-state index in [1.54, 1.807) is 0 Å². The molecule has 0 spiro atoms. The van der Waals surface area contributed by atoms with Gasteiger partial charge in [0.15, 0.2) is 5.82 Å². The summed E-state index contributed by atoms with van der Waals surface area (Å²) in [5, 5.41) is 2.97. The topological polar surface area (TPSA) is 87.3 Å². The summed E-state index contributed by atoms with van der Waals surface area (Å²) in [6.45, 7) is 1.34. The van der Waals surface area contributed by atoms with Crippen LogP contribution in [0.25, 0.3) is 0 Å². The normalized spacial score (nSPS) is 22.6. The second-order valence-electron chi connectivity index (χ2n) is 4.94. The minimum Gasteiger partial charge on any atom is -0.377 e. The molecular formula is C12H15BrN4O3. The Hall–Kier alpha value is -1.41. The Kier molecular flexibility index (Phi) is 3.75. The Morgan fingerprint density at radius 3 is 3.10 bits per heavy atom. The number of carbonyl (C=O) groups excluding carboxylic acids is 1. The highest BCUT2D eigenvalue weighted by molar-refractivity contribution is 9.10. The summed E-state index contributed by atoms with van der Waals surface area (Å²) in [7, 11) is 0. The van der Waals surface area contributed by atoms with E-state index in [0.29, 0.717) is 36.1 Å². The third-order valence-electron chi connectivity index (χ3n) is 3.41. The number of hydrogen-bond donors (Lipinski definition) is 2. The lowest BCUT2D eigenvalue weighted by Crippen LogP contribution is -2.55. The van der Waals surface area contributed by atoms with Gasteiger partial charge in [-0.05, 0) is 28.8 Å². The molecule has 8 heteroatoms. The van der Waals surface area contributed by atoms with Crippen molar-refractivity contribution >= 4 is 27.7 Å². The van der Waals surface area contributed by atoms with Gasteiger partial charge in [0.05, 0.1) is 19.5 Å². The number of hydrogen-bond acceptors (Lipinski definition) is 5. The van der Waals surface area contributed by atoms with Gasteiger partial charge >= 0.3 is 0 Å². The van der Waals surface area contributed by atoms with Crippen molar-refractivity contribution in [3.8, 4) is 0 Å². The number of ether oxygens (including phenoxy) is 1. The van der Waals surface area contributed by atoms with E-state index < -0.39 is 6.04 Å². The molecular weight excluding hydrogens is 328 g/mol. The lowest BCUT2D eigenvalue weighted by molar-refractivity contribution is -0.124. The molecule has 20 heavy (non-hydrogen) atoms. The summed E-state index contributed by atoms with van der Waals surface area (Å²) in [5.41, 5.74) is -0.261. The van der Waals surface area contributed by atoms with E-state index in [0.717, 1.165) is 12.8 Å². The first-order valence-corrected chi connectivity index (χ1v) is 7.34. The molecule has 0 aromatic carbocycles. The summed E-state index contributed by atoms with van der Waals surface area (Å²) in [4.78, 5) is 32.4. The minimum atomic E-state index is -0.449. The maximum atomic E-state index is 12.3. The van der Waals surface area contributed by atoms with Gasteiger partial charge in [0.25, 0.3) is 5.56 Å². The molecule has 1 aromatic heterocycles. The first-order chi connectivity index (χ1) is 9.66. The number of H-pyrrole nitrogens is 1. The molecule has 2 fully saturated rings. The number of aromatic amines is 1. The highest BCUT2D eigenvalue weighted by Gasteiger charge is 2.34. The Bertz CT molecular complexity index is 572. The lowest BCUT2D eigenvalue weighted by atomic mass is 10.2. The fraction of sp³-hybridized carbons (Fsp3) is 0.583. The molecule has 2 N–H and O–H groups in total.